The number of rotatable bonds is 5. The van der Waals surface area contributed by atoms with Crippen molar-refractivity contribution in [3.8, 4) is 0 Å². The lowest BCUT2D eigenvalue weighted by Gasteiger charge is -2.13. The Balaban J connectivity index is 2.37. The Hall–Kier alpha value is -0.680. The van der Waals surface area contributed by atoms with Gasteiger partial charge in [-0.2, -0.15) is 0 Å². The molecule has 0 bridgehead atoms. The van der Waals surface area contributed by atoms with E-state index in [1.54, 1.807) is 5.51 Å². The van der Waals surface area contributed by atoms with Gasteiger partial charge in [0.05, 0.1) is 0 Å². The number of nitrogens with one attached hydrogen (secondary N) is 1. The smallest absolute Gasteiger partial charge is 0.205 e. The van der Waals surface area contributed by atoms with Crippen molar-refractivity contribution in [3.05, 3.63) is 5.51 Å². The topological polar surface area (TPSA) is 63.8 Å². The van der Waals surface area contributed by atoms with Crippen molar-refractivity contribution in [1.29, 1.82) is 0 Å². The summed E-state index contributed by atoms with van der Waals surface area (Å²) in [6.07, 6.45) is 2.21. The molecule has 1 rings (SSSR count). The van der Waals surface area contributed by atoms with Gasteiger partial charge in [0, 0.05) is 12.6 Å². The summed E-state index contributed by atoms with van der Waals surface area (Å²) in [4.78, 5) is 0. The second kappa shape index (κ2) is 5.05. The molecule has 0 saturated carbocycles. The summed E-state index contributed by atoms with van der Waals surface area (Å²) in [6.45, 7) is 2.79. The van der Waals surface area contributed by atoms with E-state index in [-0.39, 0.29) is 0 Å². The van der Waals surface area contributed by atoms with Gasteiger partial charge in [0.1, 0.15) is 5.51 Å². The number of hydrogen-bond acceptors (Lipinski definition) is 5. The Labute approximate surface area is 76.2 Å². The van der Waals surface area contributed by atoms with Crippen molar-refractivity contribution in [2.75, 3.05) is 11.9 Å². The molecule has 1 aromatic rings. The number of nitrogens with two attached hydrogens (primary N) is 1. The zero-order valence-corrected chi connectivity index (χ0v) is 7.97. The van der Waals surface area contributed by atoms with Crippen LogP contribution in [-0.4, -0.2) is 22.8 Å². The van der Waals surface area contributed by atoms with Crippen LogP contribution in [0.25, 0.3) is 0 Å². The molecule has 0 fully saturated rings. The average molecular weight is 186 g/mol. The average Bonchev–Trinajstić information content (AvgIpc) is 2.56. The first-order valence-corrected chi connectivity index (χ1v) is 4.97. The minimum absolute atomic E-state index is 0.336. The largest absolute Gasteiger partial charge is 0.356 e. The predicted octanol–water partition coefficient (Wildman–Crippen LogP) is 1.08. The maximum atomic E-state index is 5.57. The van der Waals surface area contributed by atoms with Crippen molar-refractivity contribution in [3.63, 3.8) is 0 Å². The van der Waals surface area contributed by atoms with Gasteiger partial charge in [-0.3, -0.25) is 0 Å². The molecule has 12 heavy (non-hydrogen) atoms. The lowest BCUT2D eigenvalue weighted by atomic mass is 10.2. The summed E-state index contributed by atoms with van der Waals surface area (Å²) in [7, 11) is 0. The van der Waals surface area contributed by atoms with E-state index >= 15 is 0 Å². The molecule has 0 aromatic carbocycles. The van der Waals surface area contributed by atoms with Gasteiger partial charge in [-0.15, -0.1) is 10.2 Å². The van der Waals surface area contributed by atoms with Gasteiger partial charge in [0.2, 0.25) is 5.13 Å². The number of anilines is 1. The fourth-order valence-electron chi connectivity index (χ4n) is 1.01. The Morgan fingerprint density at radius 1 is 1.75 bits per heavy atom. The summed E-state index contributed by atoms with van der Waals surface area (Å²) >= 11 is 1.50. The molecule has 3 N–H and O–H groups in total. The first-order valence-electron chi connectivity index (χ1n) is 4.09. The maximum Gasteiger partial charge on any atom is 0.205 e. The van der Waals surface area contributed by atoms with Crippen LogP contribution in [0.2, 0.25) is 0 Å². The molecule has 0 spiro atoms. The molecular weight excluding hydrogens is 172 g/mol. The highest BCUT2D eigenvalue weighted by molar-refractivity contribution is 7.13. The second-order valence-corrected chi connectivity index (χ2v) is 3.44. The van der Waals surface area contributed by atoms with E-state index in [2.05, 4.69) is 22.4 Å². The van der Waals surface area contributed by atoms with Crippen LogP contribution in [0.5, 0.6) is 0 Å². The predicted molar refractivity (Wildman–Crippen MR) is 51.3 cm³/mol. The molecule has 1 heterocycles. The van der Waals surface area contributed by atoms with Crippen LogP contribution in [0.1, 0.15) is 19.8 Å². The van der Waals surface area contributed by atoms with Crippen LogP contribution in [-0.2, 0) is 0 Å². The van der Waals surface area contributed by atoms with E-state index < -0.39 is 0 Å². The highest BCUT2D eigenvalue weighted by Gasteiger charge is 2.05. The van der Waals surface area contributed by atoms with Gasteiger partial charge >= 0.3 is 0 Å². The number of aromatic nitrogens is 2. The molecule has 68 valence electrons. The highest BCUT2D eigenvalue weighted by Crippen LogP contribution is 2.11. The molecule has 0 aliphatic rings. The third kappa shape index (κ3) is 2.75. The minimum atomic E-state index is 0.336. The molecule has 4 nitrogen and oxygen atoms in total. The van der Waals surface area contributed by atoms with Gasteiger partial charge in [-0.1, -0.05) is 24.7 Å². The Morgan fingerprint density at radius 3 is 3.08 bits per heavy atom. The molecule has 0 aliphatic heterocycles. The van der Waals surface area contributed by atoms with Gasteiger partial charge in [-0.25, -0.2) is 0 Å². The zero-order valence-electron chi connectivity index (χ0n) is 7.16. The zero-order chi connectivity index (χ0) is 8.81. The molecule has 0 aliphatic carbocycles. The second-order valence-electron chi connectivity index (χ2n) is 2.61. The van der Waals surface area contributed by atoms with E-state index in [4.69, 9.17) is 5.73 Å². The normalized spacial score (nSPS) is 12.8. The van der Waals surface area contributed by atoms with Gasteiger partial charge in [0.25, 0.3) is 0 Å². The maximum absolute atomic E-state index is 5.57. The molecule has 1 aromatic heterocycles. The van der Waals surface area contributed by atoms with Crippen molar-refractivity contribution in [2.45, 2.75) is 25.8 Å². The van der Waals surface area contributed by atoms with Gasteiger partial charge in [-0.05, 0) is 6.42 Å². The summed E-state index contributed by atoms with van der Waals surface area (Å²) in [5, 5.41) is 11.7. The molecule has 1 atom stereocenters. The summed E-state index contributed by atoms with van der Waals surface area (Å²) in [5.74, 6) is 0. The van der Waals surface area contributed by atoms with E-state index in [1.807, 2.05) is 0 Å². The molecule has 0 saturated heterocycles. The van der Waals surface area contributed by atoms with Crippen LogP contribution in [0, 0.1) is 0 Å². The van der Waals surface area contributed by atoms with Gasteiger partial charge in [0.15, 0.2) is 0 Å². The number of hydrogen-bond donors (Lipinski definition) is 2. The summed E-state index contributed by atoms with van der Waals surface area (Å²) in [5.41, 5.74) is 7.28. The summed E-state index contributed by atoms with van der Waals surface area (Å²) in [6, 6.07) is 0.336. The Kier molecular flexibility index (Phi) is 3.96. The molecule has 1 unspecified atom stereocenters. The highest BCUT2D eigenvalue weighted by atomic mass is 32.1. The monoisotopic (exact) mass is 186 g/mol. The van der Waals surface area contributed by atoms with Crippen LogP contribution >= 0.6 is 11.3 Å². The molecular formula is C7H14N4S. The van der Waals surface area contributed by atoms with Crippen molar-refractivity contribution < 1.29 is 0 Å². The van der Waals surface area contributed by atoms with Crippen LogP contribution in [0.4, 0.5) is 5.13 Å². The van der Waals surface area contributed by atoms with Crippen LogP contribution in [0.3, 0.4) is 0 Å². The summed E-state index contributed by atoms with van der Waals surface area (Å²) < 4.78 is 0. The molecule has 0 radical (unpaired) electrons. The van der Waals surface area contributed by atoms with Crippen LogP contribution < -0.4 is 11.1 Å². The first-order chi connectivity index (χ1) is 5.86. The van der Waals surface area contributed by atoms with Crippen LogP contribution in [0.15, 0.2) is 5.51 Å². The lowest BCUT2D eigenvalue weighted by Crippen LogP contribution is -2.28. The van der Waals surface area contributed by atoms with Gasteiger partial charge < -0.3 is 11.1 Å². The minimum Gasteiger partial charge on any atom is -0.356 e. The van der Waals surface area contributed by atoms with E-state index in [0.717, 1.165) is 18.0 Å². The van der Waals surface area contributed by atoms with Crippen molar-refractivity contribution >= 4 is 16.5 Å². The Morgan fingerprint density at radius 2 is 2.58 bits per heavy atom. The number of nitrogens with zero attached hydrogens (tertiary/aromatic N) is 2. The fraction of sp³-hybridized carbons (Fsp3) is 0.714. The standard InChI is InChI=1S/C7H14N4S/c1-2-3-6(4-8)10-7-11-9-5-12-7/h5-6H,2-4,8H2,1H3,(H,10,11). The molecule has 0 amide bonds. The molecule has 5 heteroatoms. The van der Waals surface area contributed by atoms with E-state index in [1.165, 1.54) is 11.3 Å². The first kappa shape index (κ1) is 9.41. The quantitative estimate of drug-likeness (QED) is 0.722. The van der Waals surface area contributed by atoms with Crippen molar-refractivity contribution in [2.24, 2.45) is 5.73 Å². The fourth-order valence-corrected chi connectivity index (χ4v) is 1.53. The van der Waals surface area contributed by atoms with E-state index in [0.29, 0.717) is 12.6 Å². The SMILES string of the molecule is CCCC(CN)Nc1nncs1. The third-order valence-electron chi connectivity index (χ3n) is 1.61. The third-order valence-corrected chi connectivity index (χ3v) is 2.23. The van der Waals surface area contributed by atoms with E-state index in [9.17, 15) is 0 Å². The Bertz CT molecular complexity index is 199. The van der Waals surface area contributed by atoms with Crippen molar-refractivity contribution in [1.82, 2.24) is 10.2 Å². The lowest BCUT2D eigenvalue weighted by molar-refractivity contribution is 0.647.